The van der Waals surface area contributed by atoms with E-state index in [2.05, 4.69) is 10.6 Å². The van der Waals surface area contributed by atoms with Crippen molar-refractivity contribution in [3.05, 3.63) is 50.2 Å². The van der Waals surface area contributed by atoms with E-state index in [-0.39, 0.29) is 37.8 Å². The molecular formula is C26H30ClN5O6S. The van der Waals surface area contributed by atoms with Gasteiger partial charge >= 0.3 is 12.0 Å². The Hall–Kier alpha value is -3.48. The third-order valence-electron chi connectivity index (χ3n) is 6.70. The highest BCUT2D eigenvalue weighted by Crippen LogP contribution is 2.34. The maximum atomic E-state index is 13.2. The van der Waals surface area contributed by atoms with Gasteiger partial charge in [0.05, 0.1) is 11.4 Å². The first-order valence-corrected chi connectivity index (χ1v) is 13.7. The summed E-state index contributed by atoms with van der Waals surface area (Å²) >= 11 is 7.34. The Balaban J connectivity index is 1.33. The van der Waals surface area contributed by atoms with Crippen molar-refractivity contribution in [2.75, 3.05) is 12.0 Å². The Morgan fingerprint density at radius 2 is 1.97 bits per heavy atom. The van der Waals surface area contributed by atoms with E-state index in [1.54, 1.807) is 32.0 Å². The molecule has 2 aliphatic heterocycles. The lowest BCUT2D eigenvalue weighted by atomic mass is 10.0. The SMILES string of the molecule is Cc1ccc(NC(=O)NCc2cc3c(s2)C(=O)N(C2CCC(=O)N(COC(=O)C(N)C(C)C)C2=O)C3)cc1Cl. The molecule has 5 amide bonds. The molecule has 1 fully saturated rings. The quantitative estimate of drug-likeness (QED) is 0.323. The Kier molecular flexibility index (Phi) is 8.57. The van der Waals surface area contributed by atoms with Crippen molar-refractivity contribution in [1.29, 1.82) is 0 Å². The molecule has 13 heteroatoms. The van der Waals surface area contributed by atoms with Crippen molar-refractivity contribution in [2.24, 2.45) is 11.7 Å². The van der Waals surface area contributed by atoms with Gasteiger partial charge in [0.2, 0.25) is 5.91 Å². The van der Waals surface area contributed by atoms with Gasteiger partial charge < -0.3 is 26.0 Å². The number of likely N-dealkylation sites (tertiary alicyclic amines) is 1. The number of fused-ring (bicyclic) bond motifs is 1. The summed E-state index contributed by atoms with van der Waals surface area (Å²) in [5.41, 5.74) is 7.99. The van der Waals surface area contributed by atoms with Crippen LogP contribution in [0.2, 0.25) is 5.02 Å². The van der Waals surface area contributed by atoms with Crippen LogP contribution < -0.4 is 16.4 Å². The standard InChI is InChI=1S/C26H30ClN5O6S/c1-13(2)21(28)25(36)38-12-32-20(33)7-6-19(23(32)34)31-11-15-8-17(39-22(15)24(31)35)10-29-26(37)30-16-5-4-14(3)18(27)9-16/h4-5,8-9,13,19,21H,6-7,10-12,28H2,1-3H3,(H2,29,30,37). The van der Waals surface area contributed by atoms with E-state index >= 15 is 0 Å². The average molecular weight is 576 g/mol. The Morgan fingerprint density at radius 1 is 1.23 bits per heavy atom. The molecule has 0 aliphatic carbocycles. The Labute approximate surface area is 234 Å². The molecule has 2 atom stereocenters. The van der Waals surface area contributed by atoms with Gasteiger partial charge in [-0.25, -0.2) is 9.69 Å². The molecule has 4 rings (SSSR count). The Morgan fingerprint density at radius 3 is 2.64 bits per heavy atom. The number of nitrogens with zero attached hydrogens (tertiary/aromatic N) is 2. The number of esters is 1. The zero-order valence-corrected chi connectivity index (χ0v) is 23.4. The minimum atomic E-state index is -0.872. The van der Waals surface area contributed by atoms with Crippen molar-refractivity contribution in [2.45, 2.75) is 58.8 Å². The molecule has 1 aromatic heterocycles. The molecule has 1 aromatic carbocycles. The van der Waals surface area contributed by atoms with Gasteiger partial charge in [0.15, 0.2) is 6.73 Å². The van der Waals surface area contributed by atoms with Gasteiger partial charge in [0.25, 0.3) is 11.8 Å². The highest BCUT2D eigenvalue weighted by atomic mass is 35.5. The molecule has 3 heterocycles. The number of thiophene rings is 1. The van der Waals surface area contributed by atoms with Gasteiger partial charge in [-0.1, -0.05) is 31.5 Å². The second-order valence-electron chi connectivity index (χ2n) is 9.85. The number of imide groups is 1. The Bertz CT molecular complexity index is 1330. The van der Waals surface area contributed by atoms with Crippen LogP contribution in [0.15, 0.2) is 24.3 Å². The first-order valence-electron chi connectivity index (χ1n) is 12.5. The summed E-state index contributed by atoms with van der Waals surface area (Å²) in [7, 11) is 0. The number of halogens is 1. The van der Waals surface area contributed by atoms with Gasteiger partial charge in [-0.2, -0.15) is 0 Å². The van der Waals surface area contributed by atoms with Gasteiger partial charge in [-0.05, 0) is 48.6 Å². The topological polar surface area (TPSA) is 151 Å². The number of urea groups is 1. The molecule has 208 valence electrons. The summed E-state index contributed by atoms with van der Waals surface area (Å²) in [5.74, 6) is -2.24. The normalized spacial score (nSPS) is 17.9. The number of aryl methyl sites for hydroxylation is 1. The number of nitrogens with two attached hydrogens (primary N) is 1. The number of amides is 5. The first kappa shape index (κ1) is 28.5. The third-order valence-corrected chi connectivity index (χ3v) is 8.27. The van der Waals surface area contributed by atoms with Crippen LogP contribution in [-0.2, 0) is 32.2 Å². The largest absolute Gasteiger partial charge is 0.443 e. The molecule has 0 bridgehead atoms. The summed E-state index contributed by atoms with van der Waals surface area (Å²) in [5, 5.41) is 6.02. The van der Waals surface area contributed by atoms with Crippen molar-refractivity contribution in [3.8, 4) is 0 Å². The van der Waals surface area contributed by atoms with E-state index in [0.29, 0.717) is 15.6 Å². The lowest BCUT2D eigenvalue weighted by molar-refractivity contribution is -0.165. The monoisotopic (exact) mass is 575 g/mol. The van der Waals surface area contributed by atoms with Crippen LogP contribution in [-0.4, -0.2) is 58.3 Å². The van der Waals surface area contributed by atoms with Gasteiger partial charge in [-0.3, -0.25) is 19.2 Å². The van der Waals surface area contributed by atoms with E-state index in [4.69, 9.17) is 22.1 Å². The molecular weight excluding hydrogens is 546 g/mol. The lowest BCUT2D eigenvalue weighted by Crippen LogP contribution is -2.55. The number of benzene rings is 1. The minimum Gasteiger partial charge on any atom is -0.443 e. The van der Waals surface area contributed by atoms with Crippen LogP contribution in [0, 0.1) is 12.8 Å². The summed E-state index contributed by atoms with van der Waals surface area (Å²) in [6.45, 7) is 5.26. The zero-order valence-electron chi connectivity index (χ0n) is 21.8. The number of piperidine rings is 1. The minimum absolute atomic E-state index is 0.0398. The highest BCUT2D eigenvalue weighted by molar-refractivity contribution is 7.14. The molecule has 2 aliphatic rings. The summed E-state index contributed by atoms with van der Waals surface area (Å²) in [4.78, 5) is 66.7. The second-order valence-corrected chi connectivity index (χ2v) is 11.4. The van der Waals surface area contributed by atoms with Crippen LogP contribution >= 0.6 is 22.9 Å². The van der Waals surface area contributed by atoms with E-state index in [1.165, 1.54) is 16.2 Å². The summed E-state index contributed by atoms with van der Waals surface area (Å²) in [6, 6.07) is 4.91. The van der Waals surface area contributed by atoms with Crippen molar-refractivity contribution < 1.29 is 28.7 Å². The molecule has 0 radical (unpaired) electrons. The van der Waals surface area contributed by atoms with Crippen molar-refractivity contribution in [1.82, 2.24) is 15.1 Å². The molecule has 4 N–H and O–H groups in total. The summed E-state index contributed by atoms with van der Waals surface area (Å²) in [6.07, 6.45) is 0.226. The smallest absolute Gasteiger partial charge is 0.324 e. The summed E-state index contributed by atoms with van der Waals surface area (Å²) < 4.78 is 5.11. The van der Waals surface area contributed by atoms with Crippen molar-refractivity contribution >= 4 is 58.3 Å². The number of rotatable bonds is 8. The molecule has 2 aromatic rings. The van der Waals surface area contributed by atoms with Gasteiger partial charge in [0, 0.05) is 28.6 Å². The van der Waals surface area contributed by atoms with Crippen LogP contribution in [0.5, 0.6) is 0 Å². The average Bonchev–Trinajstić information content (AvgIpc) is 3.42. The van der Waals surface area contributed by atoms with Gasteiger partial charge in [-0.15, -0.1) is 11.3 Å². The van der Waals surface area contributed by atoms with E-state index in [0.717, 1.165) is 20.9 Å². The van der Waals surface area contributed by atoms with Gasteiger partial charge in [0.1, 0.15) is 12.1 Å². The molecule has 39 heavy (non-hydrogen) atoms. The molecule has 11 nitrogen and oxygen atoms in total. The first-order chi connectivity index (χ1) is 18.5. The number of nitrogens with one attached hydrogen (secondary N) is 2. The van der Waals surface area contributed by atoms with Crippen molar-refractivity contribution in [3.63, 3.8) is 0 Å². The fraction of sp³-hybridized carbons (Fsp3) is 0.423. The zero-order chi connectivity index (χ0) is 28.4. The number of ether oxygens (including phenoxy) is 1. The third kappa shape index (κ3) is 6.23. The van der Waals surface area contributed by atoms with E-state index < -0.39 is 42.6 Å². The number of carbonyl (C=O) groups is 5. The fourth-order valence-electron chi connectivity index (χ4n) is 4.27. The van der Waals surface area contributed by atoms with Crippen LogP contribution in [0.1, 0.15) is 52.4 Å². The predicted octanol–water partition coefficient (Wildman–Crippen LogP) is 2.99. The van der Waals surface area contributed by atoms with Crippen LogP contribution in [0.4, 0.5) is 10.5 Å². The van der Waals surface area contributed by atoms with E-state index in [9.17, 15) is 24.0 Å². The molecule has 2 unspecified atom stereocenters. The lowest BCUT2D eigenvalue weighted by Gasteiger charge is -2.35. The van der Waals surface area contributed by atoms with Crippen LogP contribution in [0.25, 0.3) is 0 Å². The number of hydrogen-bond donors (Lipinski definition) is 3. The molecule has 1 saturated heterocycles. The molecule has 0 saturated carbocycles. The van der Waals surface area contributed by atoms with Crippen LogP contribution in [0.3, 0.4) is 0 Å². The maximum Gasteiger partial charge on any atom is 0.324 e. The predicted molar refractivity (Wildman–Crippen MR) is 145 cm³/mol. The number of carbonyl (C=O) groups excluding carboxylic acids is 5. The maximum absolute atomic E-state index is 13.2. The number of anilines is 1. The fourth-order valence-corrected chi connectivity index (χ4v) is 5.51. The molecule has 0 spiro atoms. The van der Waals surface area contributed by atoms with E-state index in [1.807, 2.05) is 13.0 Å². The number of hydrogen-bond acceptors (Lipinski definition) is 8. The highest BCUT2D eigenvalue weighted by Gasteiger charge is 2.44. The second kappa shape index (κ2) is 11.7.